The fraction of sp³-hybridized carbons (Fsp3) is 0.263. The lowest BCUT2D eigenvalue weighted by Crippen LogP contribution is -2.33. The van der Waals surface area contributed by atoms with E-state index in [-0.39, 0.29) is 13.0 Å². The van der Waals surface area contributed by atoms with Crippen LogP contribution in [0.25, 0.3) is 0 Å². The zero-order chi connectivity index (χ0) is 19.1. The molecule has 1 unspecified atom stereocenters. The minimum atomic E-state index is -1.08. The number of amides is 1. The highest BCUT2D eigenvalue weighted by Crippen LogP contribution is 2.23. The maximum Gasteiger partial charge on any atom is 0.305 e. The SMILES string of the molecule is COc1ccc(OCC(=O)NC(CC(=O)O)c2ccc(F)cc2)cc1C. The third-order valence-corrected chi connectivity index (χ3v) is 3.72. The predicted molar refractivity (Wildman–Crippen MR) is 92.8 cm³/mol. The molecule has 0 aliphatic heterocycles. The predicted octanol–water partition coefficient (Wildman–Crippen LogP) is 2.85. The topological polar surface area (TPSA) is 84.9 Å². The Morgan fingerprint density at radius 2 is 1.88 bits per heavy atom. The molecule has 2 N–H and O–H groups in total. The van der Waals surface area contributed by atoms with Crippen molar-refractivity contribution in [3.8, 4) is 11.5 Å². The molecule has 0 saturated carbocycles. The summed E-state index contributed by atoms with van der Waals surface area (Å²) in [6.45, 7) is 1.58. The third kappa shape index (κ3) is 5.47. The first-order valence-electron chi connectivity index (χ1n) is 7.93. The molecule has 0 aliphatic carbocycles. The first-order valence-corrected chi connectivity index (χ1v) is 7.93. The van der Waals surface area contributed by atoms with E-state index in [9.17, 15) is 14.0 Å². The Labute approximate surface area is 150 Å². The van der Waals surface area contributed by atoms with Crippen LogP contribution in [-0.2, 0) is 9.59 Å². The first kappa shape index (κ1) is 19.2. The van der Waals surface area contributed by atoms with Gasteiger partial charge in [-0.3, -0.25) is 9.59 Å². The Balaban J connectivity index is 1.99. The number of carboxylic acids is 1. The van der Waals surface area contributed by atoms with E-state index in [1.807, 2.05) is 6.92 Å². The van der Waals surface area contributed by atoms with Crippen molar-refractivity contribution < 1.29 is 28.6 Å². The fourth-order valence-electron chi connectivity index (χ4n) is 2.45. The molecule has 0 radical (unpaired) electrons. The summed E-state index contributed by atoms with van der Waals surface area (Å²) in [5.74, 6) is -0.789. The fourth-order valence-corrected chi connectivity index (χ4v) is 2.45. The zero-order valence-electron chi connectivity index (χ0n) is 14.5. The molecule has 0 heterocycles. The number of carbonyl (C=O) groups is 2. The van der Waals surface area contributed by atoms with Gasteiger partial charge in [0.05, 0.1) is 19.6 Å². The minimum absolute atomic E-state index is 0.275. The smallest absolute Gasteiger partial charge is 0.305 e. The zero-order valence-corrected chi connectivity index (χ0v) is 14.5. The second-order valence-corrected chi connectivity index (χ2v) is 5.69. The van der Waals surface area contributed by atoms with Gasteiger partial charge in [-0.25, -0.2) is 4.39 Å². The van der Waals surface area contributed by atoms with Gasteiger partial charge in [-0.15, -0.1) is 0 Å². The molecule has 1 atom stereocenters. The summed E-state index contributed by atoms with van der Waals surface area (Å²) in [6.07, 6.45) is -0.320. The highest BCUT2D eigenvalue weighted by atomic mass is 19.1. The Kier molecular flexibility index (Phi) is 6.54. The molecule has 0 aromatic heterocycles. The summed E-state index contributed by atoms with van der Waals surface area (Å²) in [4.78, 5) is 23.2. The lowest BCUT2D eigenvalue weighted by atomic mass is 10.0. The molecule has 138 valence electrons. The van der Waals surface area contributed by atoms with Crippen molar-refractivity contribution in [2.24, 2.45) is 0 Å². The molecule has 0 bridgehead atoms. The van der Waals surface area contributed by atoms with Gasteiger partial charge in [-0.05, 0) is 48.4 Å². The van der Waals surface area contributed by atoms with Crippen LogP contribution in [0.1, 0.15) is 23.6 Å². The maximum atomic E-state index is 13.0. The molecular weight excluding hydrogens is 341 g/mol. The number of aliphatic carboxylic acids is 1. The number of carbonyl (C=O) groups excluding carboxylic acids is 1. The van der Waals surface area contributed by atoms with Crippen LogP contribution in [0.4, 0.5) is 4.39 Å². The molecule has 26 heavy (non-hydrogen) atoms. The lowest BCUT2D eigenvalue weighted by molar-refractivity contribution is -0.137. The molecule has 0 aliphatic rings. The van der Waals surface area contributed by atoms with E-state index in [4.69, 9.17) is 14.6 Å². The van der Waals surface area contributed by atoms with Crippen LogP contribution >= 0.6 is 0 Å². The molecule has 0 saturated heterocycles. The van der Waals surface area contributed by atoms with Gasteiger partial charge in [-0.1, -0.05) is 12.1 Å². The van der Waals surface area contributed by atoms with Crippen molar-refractivity contribution in [1.29, 1.82) is 0 Å². The second kappa shape index (κ2) is 8.84. The third-order valence-electron chi connectivity index (χ3n) is 3.72. The van der Waals surface area contributed by atoms with Crippen molar-refractivity contribution in [2.45, 2.75) is 19.4 Å². The van der Waals surface area contributed by atoms with Gasteiger partial charge in [0.2, 0.25) is 0 Å². The molecule has 2 aromatic carbocycles. The summed E-state index contributed by atoms with van der Waals surface area (Å²) in [5, 5.41) is 11.6. The minimum Gasteiger partial charge on any atom is -0.496 e. The van der Waals surface area contributed by atoms with Crippen LogP contribution in [0.2, 0.25) is 0 Å². The van der Waals surface area contributed by atoms with Crippen LogP contribution in [0.3, 0.4) is 0 Å². The monoisotopic (exact) mass is 361 g/mol. The molecule has 1 amide bonds. The van der Waals surface area contributed by atoms with Crippen LogP contribution in [-0.4, -0.2) is 30.7 Å². The Morgan fingerprint density at radius 1 is 1.19 bits per heavy atom. The van der Waals surface area contributed by atoms with Crippen LogP contribution in [0.15, 0.2) is 42.5 Å². The quantitative estimate of drug-likeness (QED) is 0.755. The molecule has 6 nitrogen and oxygen atoms in total. The van der Waals surface area contributed by atoms with Gasteiger partial charge >= 0.3 is 5.97 Å². The Morgan fingerprint density at radius 3 is 2.46 bits per heavy atom. The number of nitrogens with one attached hydrogen (secondary N) is 1. The number of methoxy groups -OCH3 is 1. The maximum absolute atomic E-state index is 13.0. The summed E-state index contributed by atoms with van der Waals surface area (Å²) in [7, 11) is 1.56. The number of hydrogen-bond donors (Lipinski definition) is 2. The van der Waals surface area contributed by atoms with Crippen molar-refractivity contribution >= 4 is 11.9 Å². The molecule has 7 heteroatoms. The Hall–Kier alpha value is -3.09. The van der Waals surface area contributed by atoms with E-state index in [1.54, 1.807) is 25.3 Å². The van der Waals surface area contributed by atoms with E-state index < -0.39 is 23.7 Å². The van der Waals surface area contributed by atoms with Crippen LogP contribution < -0.4 is 14.8 Å². The van der Waals surface area contributed by atoms with Gasteiger partial charge in [0, 0.05) is 0 Å². The van der Waals surface area contributed by atoms with E-state index in [2.05, 4.69) is 5.32 Å². The summed E-state index contributed by atoms with van der Waals surface area (Å²) < 4.78 is 23.6. The normalized spacial score (nSPS) is 11.5. The standard InChI is InChI=1S/C19H20FNO5/c1-12-9-15(7-8-17(12)25-2)26-11-18(22)21-16(10-19(23)24)13-3-5-14(20)6-4-13/h3-9,16H,10-11H2,1-2H3,(H,21,22)(H,23,24). The van der Waals surface area contributed by atoms with Crippen LogP contribution in [0, 0.1) is 12.7 Å². The average Bonchev–Trinajstić information content (AvgIpc) is 2.60. The number of rotatable bonds is 8. The van der Waals surface area contributed by atoms with Crippen molar-refractivity contribution in [2.75, 3.05) is 13.7 Å². The number of halogens is 1. The van der Waals surface area contributed by atoms with Gasteiger partial charge in [0.1, 0.15) is 17.3 Å². The second-order valence-electron chi connectivity index (χ2n) is 5.69. The number of aryl methyl sites for hydroxylation is 1. The number of hydrogen-bond acceptors (Lipinski definition) is 4. The van der Waals surface area contributed by atoms with Gasteiger partial charge in [0.25, 0.3) is 5.91 Å². The molecule has 2 rings (SSSR count). The average molecular weight is 361 g/mol. The summed E-state index contributed by atoms with van der Waals surface area (Å²) in [6, 6.07) is 9.68. The first-order chi connectivity index (χ1) is 12.4. The van der Waals surface area contributed by atoms with Crippen molar-refractivity contribution in [3.63, 3.8) is 0 Å². The number of carboxylic acid groups (broad SMARTS) is 1. The van der Waals surface area contributed by atoms with E-state index in [1.165, 1.54) is 24.3 Å². The molecule has 0 fully saturated rings. The van der Waals surface area contributed by atoms with Gasteiger partial charge in [-0.2, -0.15) is 0 Å². The van der Waals surface area contributed by atoms with E-state index in [0.29, 0.717) is 17.1 Å². The highest BCUT2D eigenvalue weighted by molar-refractivity contribution is 5.79. The lowest BCUT2D eigenvalue weighted by Gasteiger charge is -2.18. The molecule has 0 spiro atoms. The molecule has 2 aromatic rings. The summed E-state index contributed by atoms with van der Waals surface area (Å²) in [5.41, 5.74) is 1.36. The Bertz CT molecular complexity index is 776. The number of ether oxygens (including phenoxy) is 2. The van der Waals surface area contributed by atoms with Gasteiger partial charge in [0.15, 0.2) is 6.61 Å². The van der Waals surface area contributed by atoms with Crippen LogP contribution in [0.5, 0.6) is 11.5 Å². The van der Waals surface area contributed by atoms with Crippen molar-refractivity contribution in [1.82, 2.24) is 5.32 Å². The van der Waals surface area contributed by atoms with Gasteiger partial charge < -0.3 is 19.9 Å². The van der Waals surface area contributed by atoms with E-state index >= 15 is 0 Å². The van der Waals surface area contributed by atoms with E-state index in [0.717, 1.165) is 5.56 Å². The van der Waals surface area contributed by atoms with Crippen molar-refractivity contribution in [3.05, 3.63) is 59.4 Å². The summed E-state index contributed by atoms with van der Waals surface area (Å²) >= 11 is 0. The molecular formula is C19H20FNO5. The highest BCUT2D eigenvalue weighted by Gasteiger charge is 2.18. The number of benzene rings is 2. The largest absolute Gasteiger partial charge is 0.496 e.